The second-order valence-corrected chi connectivity index (χ2v) is 9.37. The van der Waals surface area contributed by atoms with Gasteiger partial charge in [-0.3, -0.25) is 4.79 Å². The highest BCUT2D eigenvalue weighted by Gasteiger charge is 2.49. The third-order valence-corrected chi connectivity index (χ3v) is 6.94. The number of aliphatic hydroxyl groups excluding tert-OH is 1. The summed E-state index contributed by atoms with van der Waals surface area (Å²) in [6.07, 6.45) is 4.54. The Morgan fingerprint density at radius 2 is 2.10 bits per heavy atom. The van der Waals surface area contributed by atoms with Gasteiger partial charge in [-0.05, 0) is 49.8 Å². The molecule has 30 heavy (non-hydrogen) atoms. The molecular formula is C24H38N2O4. The van der Waals surface area contributed by atoms with Gasteiger partial charge in [0.05, 0.1) is 25.9 Å². The number of likely N-dealkylation sites (tertiary alicyclic amines) is 1. The van der Waals surface area contributed by atoms with Gasteiger partial charge in [0.1, 0.15) is 0 Å². The van der Waals surface area contributed by atoms with E-state index in [-0.39, 0.29) is 11.8 Å². The SMILES string of the molecule is CCCC[C@H](N)C(=O)N1CC(c2ccc(OC)c(OCC3CC3)c2)C(C)([C@@H](C)O)C1. The Kier molecular flexibility index (Phi) is 7.30. The molecule has 2 unspecified atom stereocenters. The number of aliphatic hydroxyl groups is 1. The zero-order valence-corrected chi connectivity index (χ0v) is 18.9. The number of carbonyl (C=O) groups excluding carboxylic acids is 1. The number of hydrogen-bond donors (Lipinski definition) is 2. The fourth-order valence-electron chi connectivity index (χ4n) is 4.39. The highest BCUT2D eigenvalue weighted by Crippen LogP contribution is 2.47. The van der Waals surface area contributed by atoms with E-state index in [9.17, 15) is 9.90 Å². The highest BCUT2D eigenvalue weighted by molar-refractivity contribution is 5.82. The molecule has 6 nitrogen and oxygen atoms in total. The van der Waals surface area contributed by atoms with Crippen LogP contribution in [0.15, 0.2) is 18.2 Å². The van der Waals surface area contributed by atoms with Gasteiger partial charge >= 0.3 is 0 Å². The summed E-state index contributed by atoms with van der Waals surface area (Å²) in [6.45, 7) is 7.72. The minimum atomic E-state index is -0.565. The van der Waals surface area contributed by atoms with Crippen LogP contribution in [0.5, 0.6) is 11.5 Å². The molecule has 2 fully saturated rings. The maximum absolute atomic E-state index is 13.0. The number of ether oxygens (including phenoxy) is 2. The van der Waals surface area contributed by atoms with Crippen molar-refractivity contribution in [3.63, 3.8) is 0 Å². The van der Waals surface area contributed by atoms with E-state index in [1.54, 1.807) is 7.11 Å². The highest BCUT2D eigenvalue weighted by atomic mass is 16.5. The van der Waals surface area contributed by atoms with E-state index in [1.807, 2.05) is 30.0 Å². The second-order valence-electron chi connectivity index (χ2n) is 9.37. The number of nitrogens with two attached hydrogens (primary N) is 1. The largest absolute Gasteiger partial charge is 0.493 e. The van der Waals surface area contributed by atoms with Crippen molar-refractivity contribution in [3.8, 4) is 11.5 Å². The summed E-state index contributed by atoms with van der Waals surface area (Å²) in [5.41, 5.74) is 6.78. The third kappa shape index (κ3) is 4.92. The number of carbonyl (C=O) groups is 1. The molecule has 2 aliphatic rings. The van der Waals surface area contributed by atoms with Crippen LogP contribution in [0, 0.1) is 11.3 Å². The Hall–Kier alpha value is -1.79. The predicted molar refractivity (Wildman–Crippen MR) is 118 cm³/mol. The maximum atomic E-state index is 13.0. The Bertz CT molecular complexity index is 734. The van der Waals surface area contributed by atoms with Gasteiger partial charge in [-0.1, -0.05) is 32.8 Å². The van der Waals surface area contributed by atoms with Crippen LogP contribution in [0.3, 0.4) is 0 Å². The number of benzene rings is 1. The summed E-state index contributed by atoms with van der Waals surface area (Å²) in [6, 6.07) is 5.50. The van der Waals surface area contributed by atoms with Gasteiger partial charge in [-0.15, -0.1) is 0 Å². The summed E-state index contributed by atoms with van der Waals surface area (Å²) in [7, 11) is 1.65. The summed E-state index contributed by atoms with van der Waals surface area (Å²) in [4.78, 5) is 14.8. The molecule has 1 saturated heterocycles. The summed E-state index contributed by atoms with van der Waals surface area (Å²) >= 11 is 0. The van der Waals surface area contributed by atoms with Crippen LogP contribution in [0.1, 0.15) is 64.4 Å². The fourth-order valence-corrected chi connectivity index (χ4v) is 4.39. The van der Waals surface area contributed by atoms with Gasteiger partial charge in [0.2, 0.25) is 5.91 Å². The second kappa shape index (κ2) is 9.56. The quantitative estimate of drug-likeness (QED) is 0.609. The fraction of sp³-hybridized carbons (Fsp3) is 0.708. The van der Waals surface area contributed by atoms with E-state index in [2.05, 4.69) is 13.8 Å². The van der Waals surface area contributed by atoms with Gasteiger partial charge < -0.3 is 25.2 Å². The molecule has 4 atom stereocenters. The van der Waals surface area contributed by atoms with Crippen molar-refractivity contribution in [2.45, 2.75) is 70.9 Å². The molecule has 3 rings (SSSR count). The van der Waals surface area contributed by atoms with Gasteiger partial charge in [0.25, 0.3) is 0 Å². The van der Waals surface area contributed by atoms with Gasteiger partial charge in [0, 0.05) is 24.4 Å². The lowest BCUT2D eigenvalue weighted by Crippen LogP contribution is -2.44. The molecule has 6 heteroatoms. The van der Waals surface area contributed by atoms with Crippen LogP contribution in [0.2, 0.25) is 0 Å². The Balaban J connectivity index is 1.83. The molecule has 0 aromatic heterocycles. The van der Waals surface area contributed by atoms with Crippen molar-refractivity contribution in [2.75, 3.05) is 26.8 Å². The van der Waals surface area contributed by atoms with Crippen molar-refractivity contribution in [1.29, 1.82) is 0 Å². The maximum Gasteiger partial charge on any atom is 0.239 e. The number of rotatable bonds is 10. The average Bonchev–Trinajstić information content (AvgIpc) is 3.50. The predicted octanol–water partition coefficient (Wildman–Crippen LogP) is 3.31. The van der Waals surface area contributed by atoms with Crippen molar-refractivity contribution in [3.05, 3.63) is 23.8 Å². The van der Waals surface area contributed by atoms with E-state index in [0.717, 1.165) is 24.2 Å². The first-order valence-electron chi connectivity index (χ1n) is 11.3. The smallest absolute Gasteiger partial charge is 0.239 e. The molecule has 1 amide bonds. The standard InChI is InChI=1S/C24H38N2O4/c1-5-6-7-20(25)23(28)26-13-19(24(3,15-26)16(2)27)18-10-11-21(29-4)22(12-18)30-14-17-8-9-17/h10-12,16-17,19-20,27H,5-9,13-15,25H2,1-4H3/t16-,19?,20+,24?/m1/s1. The lowest BCUT2D eigenvalue weighted by molar-refractivity contribution is -0.132. The molecule has 0 bridgehead atoms. The monoisotopic (exact) mass is 418 g/mol. The summed E-state index contributed by atoms with van der Waals surface area (Å²) in [5, 5.41) is 10.7. The van der Waals surface area contributed by atoms with Crippen LogP contribution in [-0.2, 0) is 4.79 Å². The molecule has 3 N–H and O–H groups in total. The minimum Gasteiger partial charge on any atom is -0.493 e. The normalized spacial score (nSPS) is 25.8. The molecule has 168 valence electrons. The Morgan fingerprint density at radius 1 is 1.37 bits per heavy atom. The van der Waals surface area contributed by atoms with Crippen LogP contribution < -0.4 is 15.2 Å². The van der Waals surface area contributed by atoms with E-state index in [0.29, 0.717) is 37.8 Å². The molecule has 1 aliphatic heterocycles. The van der Waals surface area contributed by atoms with Gasteiger partial charge in [-0.2, -0.15) is 0 Å². The van der Waals surface area contributed by atoms with Crippen LogP contribution in [0.4, 0.5) is 0 Å². The van der Waals surface area contributed by atoms with Gasteiger partial charge in [0.15, 0.2) is 11.5 Å². The summed E-state index contributed by atoms with van der Waals surface area (Å²) in [5.74, 6) is 2.07. The molecule has 1 saturated carbocycles. The molecular weight excluding hydrogens is 380 g/mol. The molecule has 1 aromatic rings. The zero-order valence-electron chi connectivity index (χ0n) is 18.9. The number of nitrogens with zero attached hydrogens (tertiary/aromatic N) is 1. The van der Waals surface area contributed by atoms with E-state index in [1.165, 1.54) is 12.8 Å². The third-order valence-electron chi connectivity index (χ3n) is 6.94. The number of amides is 1. The van der Waals surface area contributed by atoms with Crippen LogP contribution in [-0.4, -0.2) is 54.9 Å². The van der Waals surface area contributed by atoms with E-state index < -0.39 is 17.6 Å². The topological polar surface area (TPSA) is 85.0 Å². The molecule has 1 aliphatic carbocycles. The van der Waals surface area contributed by atoms with Crippen molar-refractivity contribution in [2.24, 2.45) is 17.1 Å². The zero-order chi connectivity index (χ0) is 21.9. The number of methoxy groups -OCH3 is 1. The first-order chi connectivity index (χ1) is 14.3. The van der Waals surface area contributed by atoms with Crippen molar-refractivity contribution in [1.82, 2.24) is 4.90 Å². The molecule has 1 heterocycles. The van der Waals surface area contributed by atoms with Gasteiger partial charge in [-0.25, -0.2) is 0 Å². The van der Waals surface area contributed by atoms with Crippen molar-refractivity contribution < 1.29 is 19.4 Å². The number of hydrogen-bond acceptors (Lipinski definition) is 5. The average molecular weight is 419 g/mol. The Morgan fingerprint density at radius 3 is 2.70 bits per heavy atom. The molecule has 0 spiro atoms. The molecule has 1 aromatic carbocycles. The first kappa shape index (κ1) is 22.9. The van der Waals surface area contributed by atoms with Crippen molar-refractivity contribution >= 4 is 5.91 Å². The minimum absolute atomic E-state index is 0.00555. The van der Waals surface area contributed by atoms with E-state index in [4.69, 9.17) is 15.2 Å². The van der Waals surface area contributed by atoms with Crippen LogP contribution in [0.25, 0.3) is 0 Å². The first-order valence-corrected chi connectivity index (χ1v) is 11.3. The number of unbranched alkanes of at least 4 members (excludes halogenated alkanes) is 1. The summed E-state index contributed by atoms with van der Waals surface area (Å²) < 4.78 is 11.5. The van der Waals surface area contributed by atoms with Crippen LogP contribution >= 0.6 is 0 Å². The molecule has 0 radical (unpaired) electrons. The van der Waals surface area contributed by atoms with E-state index >= 15 is 0 Å². The lowest BCUT2D eigenvalue weighted by Gasteiger charge is -2.34. The Labute approximate surface area is 180 Å². The lowest BCUT2D eigenvalue weighted by atomic mass is 9.72.